The molecule has 0 spiro atoms. The summed E-state index contributed by atoms with van der Waals surface area (Å²) in [5.41, 5.74) is 1.44. The molecule has 0 unspecified atom stereocenters. The fourth-order valence-electron chi connectivity index (χ4n) is 1.60. The molecule has 0 fully saturated rings. The molecule has 0 aliphatic rings. The standard InChI is InChI=1S/C13H12ClN3O3/c1-20-13-5-2-9(8-16-13)7-15-10-3-4-11(14)12(6-10)17(18)19/h2-6,8,15H,7H2,1H3. The average Bonchev–Trinajstić information content (AvgIpc) is 2.46. The highest BCUT2D eigenvalue weighted by Crippen LogP contribution is 2.27. The smallest absolute Gasteiger partial charge is 0.289 e. The summed E-state index contributed by atoms with van der Waals surface area (Å²) in [6, 6.07) is 8.20. The molecule has 1 aromatic heterocycles. The molecule has 0 atom stereocenters. The molecule has 0 bridgehead atoms. The van der Waals surface area contributed by atoms with Crippen LogP contribution in [-0.2, 0) is 6.54 Å². The van der Waals surface area contributed by atoms with Gasteiger partial charge in [-0.3, -0.25) is 10.1 Å². The van der Waals surface area contributed by atoms with Crippen LogP contribution in [0.4, 0.5) is 11.4 Å². The van der Waals surface area contributed by atoms with E-state index in [0.29, 0.717) is 18.1 Å². The van der Waals surface area contributed by atoms with E-state index in [1.54, 1.807) is 25.4 Å². The first-order chi connectivity index (χ1) is 9.60. The van der Waals surface area contributed by atoms with Crippen LogP contribution >= 0.6 is 11.6 Å². The number of aromatic nitrogens is 1. The average molecular weight is 294 g/mol. The second-order valence-corrected chi connectivity index (χ2v) is 4.39. The van der Waals surface area contributed by atoms with Gasteiger partial charge in [0.2, 0.25) is 5.88 Å². The van der Waals surface area contributed by atoms with Crippen LogP contribution in [0.1, 0.15) is 5.56 Å². The first kappa shape index (κ1) is 14.1. The first-order valence-electron chi connectivity index (χ1n) is 5.77. The fraction of sp³-hybridized carbons (Fsp3) is 0.154. The summed E-state index contributed by atoms with van der Waals surface area (Å²) < 4.78 is 4.97. The number of rotatable bonds is 5. The zero-order valence-electron chi connectivity index (χ0n) is 10.7. The van der Waals surface area contributed by atoms with Crippen LogP contribution in [0.2, 0.25) is 5.02 Å². The number of hydrogen-bond donors (Lipinski definition) is 1. The van der Waals surface area contributed by atoms with Gasteiger partial charge in [-0.1, -0.05) is 17.7 Å². The van der Waals surface area contributed by atoms with Gasteiger partial charge >= 0.3 is 0 Å². The zero-order chi connectivity index (χ0) is 14.5. The van der Waals surface area contributed by atoms with Crippen LogP contribution in [0.5, 0.6) is 5.88 Å². The number of hydrogen-bond acceptors (Lipinski definition) is 5. The van der Waals surface area contributed by atoms with Gasteiger partial charge in [0.1, 0.15) is 5.02 Å². The number of methoxy groups -OCH3 is 1. The van der Waals surface area contributed by atoms with Gasteiger partial charge in [-0.15, -0.1) is 0 Å². The Morgan fingerprint density at radius 3 is 2.80 bits per heavy atom. The SMILES string of the molecule is COc1ccc(CNc2ccc(Cl)c([N+](=O)[O-])c2)cn1. The van der Waals surface area contributed by atoms with Crippen molar-refractivity contribution in [3.8, 4) is 5.88 Å². The van der Waals surface area contributed by atoms with Gasteiger partial charge in [-0.25, -0.2) is 4.98 Å². The van der Waals surface area contributed by atoms with E-state index < -0.39 is 4.92 Å². The van der Waals surface area contributed by atoms with Gasteiger partial charge in [0, 0.05) is 30.6 Å². The molecule has 0 saturated heterocycles. The van der Waals surface area contributed by atoms with Gasteiger partial charge < -0.3 is 10.1 Å². The molecule has 1 heterocycles. The molecule has 104 valence electrons. The van der Waals surface area contributed by atoms with E-state index in [9.17, 15) is 10.1 Å². The number of nitrogens with one attached hydrogen (secondary N) is 1. The van der Waals surface area contributed by atoms with E-state index >= 15 is 0 Å². The van der Waals surface area contributed by atoms with E-state index in [1.807, 2.05) is 6.07 Å². The summed E-state index contributed by atoms with van der Waals surface area (Å²) in [6.45, 7) is 0.496. The van der Waals surface area contributed by atoms with Gasteiger partial charge in [0.05, 0.1) is 12.0 Å². The number of anilines is 1. The number of ether oxygens (including phenoxy) is 1. The van der Waals surface area contributed by atoms with Crippen molar-refractivity contribution >= 4 is 23.0 Å². The largest absolute Gasteiger partial charge is 0.481 e. The van der Waals surface area contributed by atoms with Crippen molar-refractivity contribution in [1.29, 1.82) is 0 Å². The molecule has 0 amide bonds. The number of pyridine rings is 1. The Morgan fingerprint density at radius 1 is 1.40 bits per heavy atom. The van der Waals surface area contributed by atoms with Gasteiger partial charge in [-0.2, -0.15) is 0 Å². The molecular formula is C13H12ClN3O3. The van der Waals surface area contributed by atoms with E-state index in [4.69, 9.17) is 16.3 Å². The lowest BCUT2D eigenvalue weighted by Gasteiger charge is -2.07. The maximum absolute atomic E-state index is 10.8. The fourth-order valence-corrected chi connectivity index (χ4v) is 1.79. The molecule has 0 radical (unpaired) electrons. The van der Waals surface area contributed by atoms with Gasteiger partial charge in [-0.05, 0) is 17.7 Å². The quantitative estimate of drug-likeness (QED) is 0.676. The lowest BCUT2D eigenvalue weighted by atomic mass is 10.2. The number of benzene rings is 1. The Morgan fingerprint density at radius 2 is 2.20 bits per heavy atom. The Bertz CT molecular complexity index is 617. The van der Waals surface area contributed by atoms with Crippen molar-refractivity contribution in [2.75, 3.05) is 12.4 Å². The maximum atomic E-state index is 10.8. The van der Waals surface area contributed by atoms with Crippen molar-refractivity contribution in [3.05, 3.63) is 57.2 Å². The molecule has 7 heteroatoms. The number of nitro groups is 1. The van der Waals surface area contributed by atoms with Crippen molar-refractivity contribution in [2.45, 2.75) is 6.54 Å². The normalized spacial score (nSPS) is 10.1. The Balaban J connectivity index is 2.06. The molecule has 6 nitrogen and oxygen atoms in total. The molecule has 1 N–H and O–H groups in total. The number of halogens is 1. The second-order valence-electron chi connectivity index (χ2n) is 3.99. The Labute approximate surface area is 120 Å². The third-order valence-electron chi connectivity index (χ3n) is 2.65. The van der Waals surface area contributed by atoms with Crippen molar-refractivity contribution in [1.82, 2.24) is 4.98 Å². The van der Waals surface area contributed by atoms with E-state index in [0.717, 1.165) is 5.56 Å². The van der Waals surface area contributed by atoms with Crippen LogP contribution in [0.25, 0.3) is 0 Å². The molecule has 20 heavy (non-hydrogen) atoms. The summed E-state index contributed by atoms with van der Waals surface area (Å²) in [5, 5.41) is 14.0. The summed E-state index contributed by atoms with van der Waals surface area (Å²) in [6.07, 6.45) is 1.68. The highest BCUT2D eigenvalue weighted by atomic mass is 35.5. The van der Waals surface area contributed by atoms with Crippen LogP contribution in [-0.4, -0.2) is 17.0 Å². The predicted octanol–water partition coefficient (Wildman–Crippen LogP) is 3.26. The van der Waals surface area contributed by atoms with Gasteiger partial charge in [0.25, 0.3) is 5.69 Å². The van der Waals surface area contributed by atoms with Crippen LogP contribution in [0, 0.1) is 10.1 Å². The molecular weight excluding hydrogens is 282 g/mol. The number of nitro benzene ring substituents is 1. The second kappa shape index (κ2) is 6.21. The minimum Gasteiger partial charge on any atom is -0.481 e. The summed E-state index contributed by atoms with van der Waals surface area (Å²) in [7, 11) is 1.55. The summed E-state index contributed by atoms with van der Waals surface area (Å²) in [4.78, 5) is 14.4. The third kappa shape index (κ3) is 3.36. The van der Waals surface area contributed by atoms with Crippen molar-refractivity contribution < 1.29 is 9.66 Å². The molecule has 2 aromatic rings. The van der Waals surface area contributed by atoms with Crippen LogP contribution in [0.3, 0.4) is 0 Å². The predicted molar refractivity (Wildman–Crippen MR) is 76.2 cm³/mol. The minimum atomic E-state index is -0.511. The van der Waals surface area contributed by atoms with Crippen LogP contribution < -0.4 is 10.1 Å². The topological polar surface area (TPSA) is 77.3 Å². The lowest BCUT2D eigenvalue weighted by molar-refractivity contribution is -0.384. The zero-order valence-corrected chi connectivity index (χ0v) is 11.4. The third-order valence-corrected chi connectivity index (χ3v) is 2.97. The summed E-state index contributed by atoms with van der Waals surface area (Å²) in [5.74, 6) is 0.538. The molecule has 0 saturated carbocycles. The monoisotopic (exact) mass is 293 g/mol. The Kier molecular flexibility index (Phi) is 4.37. The highest BCUT2D eigenvalue weighted by Gasteiger charge is 2.12. The summed E-state index contributed by atoms with van der Waals surface area (Å²) >= 11 is 5.75. The molecule has 0 aliphatic heterocycles. The maximum Gasteiger partial charge on any atom is 0.289 e. The van der Waals surface area contributed by atoms with Crippen molar-refractivity contribution in [2.24, 2.45) is 0 Å². The van der Waals surface area contributed by atoms with Crippen LogP contribution in [0.15, 0.2) is 36.5 Å². The minimum absolute atomic E-state index is 0.117. The molecule has 2 rings (SSSR count). The van der Waals surface area contributed by atoms with E-state index in [-0.39, 0.29) is 10.7 Å². The van der Waals surface area contributed by atoms with Gasteiger partial charge in [0.15, 0.2) is 0 Å². The van der Waals surface area contributed by atoms with E-state index in [1.165, 1.54) is 12.1 Å². The molecule has 1 aromatic carbocycles. The molecule has 0 aliphatic carbocycles. The van der Waals surface area contributed by atoms with Crippen molar-refractivity contribution in [3.63, 3.8) is 0 Å². The van der Waals surface area contributed by atoms with E-state index in [2.05, 4.69) is 10.3 Å². The number of nitrogens with zero attached hydrogens (tertiary/aromatic N) is 2. The Hall–Kier alpha value is -2.34. The lowest BCUT2D eigenvalue weighted by Crippen LogP contribution is -2.01. The highest BCUT2D eigenvalue weighted by molar-refractivity contribution is 6.32. The first-order valence-corrected chi connectivity index (χ1v) is 6.14.